The number of rotatable bonds is 5. The molecule has 2 fully saturated rings. The summed E-state index contributed by atoms with van der Waals surface area (Å²) in [5, 5.41) is 0. The largest absolute Gasteiger partial charge is 0.488 e. The highest BCUT2D eigenvalue weighted by atomic mass is 32.2. The standard InChI is InChI=1S/C24H30F3N3O3S/c1-16(2)33-22-11-18(10-21(26)23(22)27)14-29-9-8-24(13-17(29)3)15-28(4)34(31,32)30(24)20-7-5-6-19(25)12-20/h5-7,10-12,16-17H,8-9,13-15H2,1-4H3/t17-,24+/m0/s1. The van der Waals surface area contributed by atoms with Gasteiger partial charge in [-0.25, -0.2) is 8.78 Å². The lowest BCUT2D eigenvalue weighted by Crippen LogP contribution is -2.57. The Kier molecular flexibility index (Phi) is 6.61. The van der Waals surface area contributed by atoms with Gasteiger partial charge in [-0.2, -0.15) is 17.1 Å². The van der Waals surface area contributed by atoms with E-state index in [1.54, 1.807) is 19.9 Å². The third-order valence-electron chi connectivity index (χ3n) is 6.58. The molecule has 2 aromatic carbocycles. The minimum Gasteiger partial charge on any atom is -0.488 e. The number of hydrogen-bond donors (Lipinski definition) is 0. The molecule has 2 atom stereocenters. The Morgan fingerprint density at radius 1 is 1.18 bits per heavy atom. The molecule has 1 spiro atoms. The van der Waals surface area contributed by atoms with Gasteiger partial charge in [-0.15, -0.1) is 0 Å². The zero-order chi connectivity index (χ0) is 24.8. The summed E-state index contributed by atoms with van der Waals surface area (Å²) >= 11 is 0. The van der Waals surface area contributed by atoms with Crippen LogP contribution in [0.2, 0.25) is 0 Å². The van der Waals surface area contributed by atoms with Crippen molar-refractivity contribution in [3.8, 4) is 5.75 Å². The summed E-state index contributed by atoms with van der Waals surface area (Å²) in [5.41, 5.74) is 0.161. The molecular formula is C24H30F3N3O3S. The lowest BCUT2D eigenvalue weighted by molar-refractivity contribution is 0.100. The molecule has 0 saturated carbocycles. The van der Waals surface area contributed by atoms with Crippen molar-refractivity contribution in [2.75, 3.05) is 24.4 Å². The predicted molar refractivity (Wildman–Crippen MR) is 124 cm³/mol. The summed E-state index contributed by atoms with van der Waals surface area (Å²) in [6, 6.07) is 8.27. The maximum absolute atomic E-state index is 14.2. The number of anilines is 1. The van der Waals surface area contributed by atoms with Gasteiger partial charge in [0.15, 0.2) is 11.6 Å². The number of likely N-dealkylation sites (N-methyl/N-ethyl adjacent to an activating group) is 1. The molecule has 0 unspecified atom stereocenters. The van der Waals surface area contributed by atoms with Crippen LogP contribution >= 0.6 is 0 Å². The monoisotopic (exact) mass is 497 g/mol. The minimum atomic E-state index is -3.80. The summed E-state index contributed by atoms with van der Waals surface area (Å²) in [6.45, 7) is 6.67. The summed E-state index contributed by atoms with van der Waals surface area (Å²) in [7, 11) is -2.26. The molecular weight excluding hydrogens is 467 g/mol. The number of piperidine rings is 1. The van der Waals surface area contributed by atoms with Crippen LogP contribution in [0.5, 0.6) is 5.75 Å². The Morgan fingerprint density at radius 2 is 1.91 bits per heavy atom. The molecule has 6 nitrogen and oxygen atoms in total. The Balaban J connectivity index is 1.59. The lowest BCUT2D eigenvalue weighted by atomic mass is 9.82. The molecule has 0 radical (unpaired) electrons. The van der Waals surface area contributed by atoms with Crippen molar-refractivity contribution in [3.63, 3.8) is 0 Å². The van der Waals surface area contributed by atoms with Crippen LogP contribution in [0.25, 0.3) is 0 Å². The summed E-state index contributed by atoms with van der Waals surface area (Å²) in [6.07, 6.45) is 0.718. The summed E-state index contributed by atoms with van der Waals surface area (Å²) < 4.78 is 76.8. The number of halogens is 3. The van der Waals surface area contributed by atoms with E-state index >= 15 is 0 Å². The van der Waals surface area contributed by atoms with Gasteiger partial charge in [0, 0.05) is 32.7 Å². The van der Waals surface area contributed by atoms with Crippen molar-refractivity contribution in [2.45, 2.75) is 57.8 Å². The molecule has 2 aliphatic heterocycles. The van der Waals surface area contributed by atoms with Gasteiger partial charge >= 0.3 is 10.2 Å². The van der Waals surface area contributed by atoms with Crippen LogP contribution in [-0.2, 0) is 16.8 Å². The average Bonchev–Trinajstić information content (AvgIpc) is 2.92. The van der Waals surface area contributed by atoms with Gasteiger partial charge in [-0.05, 0) is 69.5 Å². The Hall–Kier alpha value is -2.30. The first kappa shape index (κ1) is 24.8. The first-order valence-corrected chi connectivity index (χ1v) is 12.7. The second kappa shape index (κ2) is 9.05. The quantitative estimate of drug-likeness (QED) is 0.618. The summed E-state index contributed by atoms with van der Waals surface area (Å²) in [5.74, 6) is -2.59. The number of nitrogens with zero attached hydrogens (tertiary/aromatic N) is 3. The third-order valence-corrected chi connectivity index (χ3v) is 8.56. The van der Waals surface area contributed by atoms with Crippen molar-refractivity contribution in [3.05, 3.63) is 59.4 Å². The van der Waals surface area contributed by atoms with E-state index in [4.69, 9.17) is 4.74 Å². The van der Waals surface area contributed by atoms with Crippen molar-refractivity contribution < 1.29 is 26.3 Å². The first-order valence-electron chi connectivity index (χ1n) is 11.3. The van der Waals surface area contributed by atoms with E-state index in [0.717, 1.165) is 0 Å². The molecule has 0 aromatic heterocycles. The highest BCUT2D eigenvalue weighted by Gasteiger charge is 2.55. The van der Waals surface area contributed by atoms with Crippen molar-refractivity contribution in [1.82, 2.24) is 9.21 Å². The summed E-state index contributed by atoms with van der Waals surface area (Å²) in [4.78, 5) is 2.12. The zero-order valence-electron chi connectivity index (χ0n) is 19.8. The van der Waals surface area contributed by atoms with E-state index in [2.05, 4.69) is 4.90 Å². The van der Waals surface area contributed by atoms with E-state index in [0.29, 0.717) is 43.7 Å². The van der Waals surface area contributed by atoms with E-state index in [9.17, 15) is 21.6 Å². The third kappa shape index (κ3) is 4.50. The van der Waals surface area contributed by atoms with Crippen LogP contribution < -0.4 is 9.04 Å². The van der Waals surface area contributed by atoms with Crippen molar-refractivity contribution >= 4 is 15.9 Å². The van der Waals surface area contributed by atoms with E-state index in [1.165, 1.54) is 46.0 Å². The van der Waals surface area contributed by atoms with Gasteiger partial charge in [0.2, 0.25) is 5.82 Å². The van der Waals surface area contributed by atoms with E-state index in [-0.39, 0.29) is 17.9 Å². The van der Waals surface area contributed by atoms with Crippen LogP contribution in [-0.4, -0.2) is 55.4 Å². The Morgan fingerprint density at radius 3 is 2.56 bits per heavy atom. The SMILES string of the molecule is CC(C)Oc1cc(CN2CC[C@@]3(C[C@@H]2C)CN(C)S(=O)(=O)N3c2cccc(F)c2)cc(F)c1F. The van der Waals surface area contributed by atoms with Crippen LogP contribution in [0.15, 0.2) is 36.4 Å². The predicted octanol–water partition coefficient (Wildman–Crippen LogP) is 4.31. The average molecular weight is 498 g/mol. The zero-order valence-corrected chi connectivity index (χ0v) is 20.6. The van der Waals surface area contributed by atoms with Crippen LogP contribution in [0.3, 0.4) is 0 Å². The van der Waals surface area contributed by atoms with E-state index in [1.807, 2.05) is 6.92 Å². The number of benzene rings is 2. The molecule has 0 bridgehead atoms. The fraction of sp³-hybridized carbons (Fsp3) is 0.500. The fourth-order valence-electron chi connectivity index (χ4n) is 5.15. The molecule has 2 saturated heterocycles. The van der Waals surface area contributed by atoms with Gasteiger partial charge in [-0.3, -0.25) is 9.21 Å². The molecule has 0 amide bonds. The van der Waals surface area contributed by atoms with E-state index < -0.39 is 33.2 Å². The number of hydrogen-bond acceptors (Lipinski definition) is 4. The second-order valence-corrected chi connectivity index (χ2v) is 11.4. The lowest BCUT2D eigenvalue weighted by Gasteiger charge is -2.47. The van der Waals surface area contributed by atoms with Gasteiger partial charge in [-0.1, -0.05) is 6.07 Å². The minimum absolute atomic E-state index is 0.0610. The van der Waals surface area contributed by atoms with Crippen molar-refractivity contribution in [1.29, 1.82) is 0 Å². The maximum Gasteiger partial charge on any atom is 0.304 e. The highest BCUT2D eigenvalue weighted by molar-refractivity contribution is 7.90. The van der Waals surface area contributed by atoms with Crippen molar-refractivity contribution in [2.24, 2.45) is 0 Å². The van der Waals surface area contributed by atoms with Crippen LogP contribution in [0, 0.1) is 17.5 Å². The highest BCUT2D eigenvalue weighted by Crippen LogP contribution is 2.44. The smallest absolute Gasteiger partial charge is 0.304 e. The number of ether oxygens (including phenoxy) is 1. The molecule has 0 N–H and O–H groups in total. The van der Waals surface area contributed by atoms with Gasteiger partial charge in [0.05, 0.1) is 17.3 Å². The first-order chi connectivity index (χ1) is 15.9. The topological polar surface area (TPSA) is 53.1 Å². The molecule has 34 heavy (non-hydrogen) atoms. The molecule has 2 heterocycles. The second-order valence-electron chi connectivity index (χ2n) is 9.56. The Labute approximate surface area is 199 Å². The van der Waals surface area contributed by atoms with Gasteiger partial charge < -0.3 is 4.74 Å². The van der Waals surface area contributed by atoms with Crippen LogP contribution in [0.4, 0.5) is 18.9 Å². The van der Waals surface area contributed by atoms with Gasteiger partial charge in [0.25, 0.3) is 0 Å². The molecule has 0 aliphatic carbocycles. The van der Waals surface area contributed by atoms with Gasteiger partial charge in [0.1, 0.15) is 5.82 Å². The molecule has 4 rings (SSSR count). The Bertz CT molecular complexity index is 1180. The maximum atomic E-state index is 14.2. The molecule has 186 valence electrons. The van der Waals surface area contributed by atoms with Crippen LogP contribution in [0.1, 0.15) is 39.2 Å². The molecule has 2 aliphatic rings. The number of likely N-dealkylation sites (tertiary alicyclic amines) is 1. The molecule has 2 aromatic rings. The molecule has 10 heteroatoms. The fourth-order valence-corrected chi connectivity index (χ4v) is 6.93. The normalized spacial score (nSPS) is 25.4.